The minimum atomic E-state index is 0.515. The van der Waals surface area contributed by atoms with Gasteiger partial charge in [-0.15, -0.1) is 11.3 Å². The van der Waals surface area contributed by atoms with Crippen molar-refractivity contribution in [3.8, 4) is 5.75 Å². The Morgan fingerprint density at radius 1 is 1.33 bits per heavy atom. The third-order valence-electron chi connectivity index (χ3n) is 3.96. The maximum absolute atomic E-state index is 5.21. The number of aromatic nitrogens is 1. The highest BCUT2D eigenvalue weighted by molar-refractivity contribution is 7.11. The van der Waals surface area contributed by atoms with E-state index in [2.05, 4.69) is 24.4 Å². The van der Waals surface area contributed by atoms with Gasteiger partial charge in [0.05, 0.1) is 17.8 Å². The fraction of sp³-hybridized carbons (Fsp3) is 0.471. The van der Waals surface area contributed by atoms with Gasteiger partial charge >= 0.3 is 0 Å². The van der Waals surface area contributed by atoms with Gasteiger partial charge in [-0.3, -0.25) is 0 Å². The molecule has 21 heavy (non-hydrogen) atoms. The molecule has 1 aliphatic carbocycles. The molecule has 3 nitrogen and oxygen atoms in total. The first kappa shape index (κ1) is 14.5. The maximum atomic E-state index is 5.21. The van der Waals surface area contributed by atoms with Crippen molar-refractivity contribution in [2.75, 3.05) is 13.7 Å². The monoisotopic (exact) mass is 302 g/mol. The standard InChI is InChI=1S/C17H22N2OS/c1-3-18-14-5-4-6-15-17(14)21-16(19-15)11-12-7-9-13(20-2)10-8-12/h7-10,14,18H,3-6,11H2,1-2H3. The van der Waals surface area contributed by atoms with Crippen molar-refractivity contribution in [3.63, 3.8) is 0 Å². The number of hydrogen-bond donors (Lipinski definition) is 1. The summed E-state index contributed by atoms with van der Waals surface area (Å²) in [6.07, 6.45) is 4.54. The Morgan fingerprint density at radius 2 is 2.14 bits per heavy atom. The van der Waals surface area contributed by atoms with Crippen molar-refractivity contribution in [1.82, 2.24) is 10.3 Å². The van der Waals surface area contributed by atoms with E-state index in [0.717, 1.165) is 25.1 Å². The van der Waals surface area contributed by atoms with Crippen LogP contribution >= 0.6 is 11.3 Å². The van der Waals surface area contributed by atoms with Gasteiger partial charge in [-0.05, 0) is 43.5 Å². The van der Waals surface area contributed by atoms with Crippen LogP contribution in [0.5, 0.6) is 5.75 Å². The van der Waals surface area contributed by atoms with Crippen molar-refractivity contribution in [2.24, 2.45) is 0 Å². The second-order valence-electron chi connectivity index (χ2n) is 5.45. The fourth-order valence-corrected chi connectivity index (χ4v) is 4.16. The highest BCUT2D eigenvalue weighted by Crippen LogP contribution is 2.34. The van der Waals surface area contributed by atoms with E-state index in [1.54, 1.807) is 7.11 Å². The number of hydrogen-bond acceptors (Lipinski definition) is 4. The molecule has 0 aliphatic heterocycles. The molecule has 0 bridgehead atoms. The quantitative estimate of drug-likeness (QED) is 0.914. The molecule has 0 saturated carbocycles. The normalized spacial score (nSPS) is 17.5. The van der Waals surface area contributed by atoms with Gasteiger partial charge in [-0.2, -0.15) is 0 Å². The van der Waals surface area contributed by atoms with E-state index in [9.17, 15) is 0 Å². The molecule has 0 fully saturated rings. The molecule has 0 saturated heterocycles. The number of benzene rings is 1. The third kappa shape index (κ3) is 3.27. The molecule has 112 valence electrons. The number of nitrogens with zero attached hydrogens (tertiary/aromatic N) is 1. The van der Waals surface area contributed by atoms with Crippen molar-refractivity contribution in [1.29, 1.82) is 0 Å². The van der Waals surface area contributed by atoms with E-state index >= 15 is 0 Å². The number of thiazole rings is 1. The van der Waals surface area contributed by atoms with E-state index in [1.165, 1.54) is 34.0 Å². The molecule has 1 atom stereocenters. The molecule has 1 aromatic heterocycles. The van der Waals surface area contributed by atoms with Crippen molar-refractivity contribution in [2.45, 2.75) is 38.6 Å². The molecule has 1 heterocycles. The van der Waals surface area contributed by atoms with Gasteiger partial charge in [-0.1, -0.05) is 19.1 Å². The van der Waals surface area contributed by atoms with Crippen LogP contribution in [0.4, 0.5) is 0 Å². The van der Waals surface area contributed by atoms with Crippen LogP contribution in [-0.4, -0.2) is 18.6 Å². The minimum absolute atomic E-state index is 0.515. The number of aryl methyl sites for hydroxylation is 1. The summed E-state index contributed by atoms with van der Waals surface area (Å²) < 4.78 is 5.21. The fourth-order valence-electron chi connectivity index (χ4n) is 2.91. The van der Waals surface area contributed by atoms with Crippen LogP contribution < -0.4 is 10.1 Å². The van der Waals surface area contributed by atoms with Crippen LogP contribution in [0, 0.1) is 0 Å². The van der Waals surface area contributed by atoms with Crippen LogP contribution in [0.15, 0.2) is 24.3 Å². The first-order chi connectivity index (χ1) is 10.3. The Labute approximate surface area is 130 Å². The Morgan fingerprint density at radius 3 is 2.86 bits per heavy atom. The minimum Gasteiger partial charge on any atom is -0.497 e. The Balaban J connectivity index is 1.77. The van der Waals surface area contributed by atoms with Gasteiger partial charge in [0.1, 0.15) is 5.75 Å². The van der Waals surface area contributed by atoms with E-state index < -0.39 is 0 Å². The molecule has 2 aromatic rings. The summed E-state index contributed by atoms with van der Waals surface area (Å²) in [4.78, 5) is 6.33. The lowest BCUT2D eigenvalue weighted by Crippen LogP contribution is -2.23. The summed E-state index contributed by atoms with van der Waals surface area (Å²) in [5.74, 6) is 0.907. The maximum Gasteiger partial charge on any atom is 0.118 e. The highest BCUT2D eigenvalue weighted by Gasteiger charge is 2.23. The van der Waals surface area contributed by atoms with Gasteiger partial charge < -0.3 is 10.1 Å². The van der Waals surface area contributed by atoms with E-state index in [1.807, 2.05) is 23.5 Å². The van der Waals surface area contributed by atoms with Crippen molar-refractivity contribution in [3.05, 3.63) is 45.4 Å². The van der Waals surface area contributed by atoms with Gasteiger partial charge in [0.25, 0.3) is 0 Å². The second-order valence-corrected chi connectivity index (χ2v) is 6.56. The summed E-state index contributed by atoms with van der Waals surface area (Å²) in [5, 5.41) is 4.82. The van der Waals surface area contributed by atoms with Crippen LogP contribution in [0.2, 0.25) is 0 Å². The van der Waals surface area contributed by atoms with Gasteiger partial charge in [0.15, 0.2) is 0 Å². The Bertz CT molecular complexity index is 591. The SMILES string of the molecule is CCNC1CCCc2nc(Cc3ccc(OC)cc3)sc21. The lowest BCUT2D eigenvalue weighted by molar-refractivity contribution is 0.414. The number of rotatable bonds is 5. The molecule has 4 heteroatoms. The molecule has 0 spiro atoms. The number of fused-ring (bicyclic) bond motifs is 1. The lowest BCUT2D eigenvalue weighted by Gasteiger charge is -2.21. The van der Waals surface area contributed by atoms with Gasteiger partial charge in [0, 0.05) is 17.3 Å². The van der Waals surface area contributed by atoms with Crippen LogP contribution in [0.1, 0.15) is 46.9 Å². The number of ether oxygens (including phenoxy) is 1. The average molecular weight is 302 g/mol. The molecule has 0 amide bonds. The zero-order valence-electron chi connectivity index (χ0n) is 12.7. The number of nitrogens with one attached hydrogen (secondary N) is 1. The molecule has 1 N–H and O–H groups in total. The lowest BCUT2D eigenvalue weighted by atomic mass is 9.98. The van der Waals surface area contributed by atoms with Gasteiger partial charge in [-0.25, -0.2) is 4.98 Å². The average Bonchev–Trinajstić information content (AvgIpc) is 2.92. The van der Waals surface area contributed by atoms with Crippen LogP contribution in [0.25, 0.3) is 0 Å². The summed E-state index contributed by atoms with van der Waals surface area (Å²) in [6.45, 7) is 3.20. The molecule has 0 radical (unpaired) electrons. The summed E-state index contributed by atoms with van der Waals surface area (Å²) >= 11 is 1.88. The first-order valence-corrected chi connectivity index (χ1v) is 8.46. The highest BCUT2D eigenvalue weighted by atomic mass is 32.1. The van der Waals surface area contributed by atoms with Gasteiger partial charge in [0.2, 0.25) is 0 Å². The zero-order chi connectivity index (χ0) is 14.7. The second kappa shape index (κ2) is 6.58. The summed E-state index contributed by atoms with van der Waals surface area (Å²) in [7, 11) is 1.70. The van der Waals surface area contributed by atoms with Crippen molar-refractivity contribution < 1.29 is 4.74 Å². The van der Waals surface area contributed by atoms with Crippen molar-refractivity contribution >= 4 is 11.3 Å². The van der Waals surface area contributed by atoms with Crippen LogP contribution in [0.3, 0.4) is 0 Å². The largest absolute Gasteiger partial charge is 0.497 e. The van der Waals surface area contributed by atoms with E-state index in [4.69, 9.17) is 9.72 Å². The predicted octanol–water partition coefficient (Wildman–Crippen LogP) is 3.73. The predicted molar refractivity (Wildman–Crippen MR) is 87.3 cm³/mol. The summed E-state index contributed by atoms with van der Waals surface area (Å²) in [6, 6.07) is 8.80. The molecule has 1 aliphatic rings. The Hall–Kier alpha value is -1.39. The van der Waals surface area contributed by atoms with E-state index in [-0.39, 0.29) is 0 Å². The smallest absolute Gasteiger partial charge is 0.118 e. The molecule has 1 unspecified atom stereocenters. The molecular formula is C17H22N2OS. The number of methoxy groups -OCH3 is 1. The zero-order valence-corrected chi connectivity index (χ0v) is 13.5. The molecule has 1 aromatic carbocycles. The third-order valence-corrected chi connectivity index (χ3v) is 5.17. The molecular weight excluding hydrogens is 280 g/mol. The first-order valence-electron chi connectivity index (χ1n) is 7.65. The van der Waals surface area contributed by atoms with E-state index in [0.29, 0.717) is 6.04 Å². The van der Waals surface area contributed by atoms with Crippen LogP contribution in [-0.2, 0) is 12.8 Å². The topological polar surface area (TPSA) is 34.2 Å². The molecule has 3 rings (SSSR count). The Kier molecular flexibility index (Phi) is 4.56. The summed E-state index contributed by atoms with van der Waals surface area (Å²) in [5.41, 5.74) is 2.61.